The van der Waals surface area contributed by atoms with Crippen molar-refractivity contribution in [3.05, 3.63) is 59.4 Å². The van der Waals surface area contributed by atoms with Crippen molar-refractivity contribution in [2.24, 2.45) is 0 Å². The summed E-state index contributed by atoms with van der Waals surface area (Å²) >= 11 is 0. The number of amides is 1. The largest absolute Gasteiger partial charge is 0.443 e. The fraction of sp³-hybridized carbons (Fsp3) is 0.391. The first-order chi connectivity index (χ1) is 12.9. The van der Waals surface area contributed by atoms with Crippen LogP contribution in [-0.4, -0.2) is 23.7 Å². The molecule has 0 N–H and O–H groups in total. The highest BCUT2D eigenvalue weighted by atomic mass is 16.6. The van der Waals surface area contributed by atoms with Gasteiger partial charge in [0.2, 0.25) is 0 Å². The number of nitrogens with zero attached hydrogens (tertiary/aromatic N) is 2. The van der Waals surface area contributed by atoms with Crippen molar-refractivity contribution < 1.29 is 9.53 Å². The number of anilines is 1. The lowest BCUT2D eigenvalue weighted by Crippen LogP contribution is -2.37. The Balaban J connectivity index is 2.05. The lowest BCUT2D eigenvalue weighted by molar-refractivity contribution is 0.0244. The van der Waals surface area contributed by atoms with Crippen molar-refractivity contribution in [2.75, 3.05) is 11.9 Å². The van der Waals surface area contributed by atoms with Crippen LogP contribution in [0.15, 0.2) is 42.6 Å². The van der Waals surface area contributed by atoms with Crippen molar-refractivity contribution in [1.29, 1.82) is 0 Å². The van der Waals surface area contributed by atoms with Crippen LogP contribution in [0.3, 0.4) is 0 Å². The minimum atomic E-state index is -0.421. The molecular formula is C23H30N2O2. The maximum absolute atomic E-state index is 12.4. The summed E-state index contributed by atoms with van der Waals surface area (Å²) in [5, 5.41) is 0. The topological polar surface area (TPSA) is 42.4 Å². The minimum Gasteiger partial charge on any atom is -0.443 e. The van der Waals surface area contributed by atoms with Gasteiger partial charge in [-0.15, -0.1) is 0 Å². The predicted molar refractivity (Wildman–Crippen MR) is 113 cm³/mol. The Morgan fingerprint density at radius 1 is 1.07 bits per heavy atom. The van der Waals surface area contributed by atoms with Crippen LogP contribution in [0.25, 0.3) is 12.2 Å². The normalized spacial score (nSPS) is 11.6. The van der Waals surface area contributed by atoms with Crippen LogP contribution < -0.4 is 4.90 Å². The summed E-state index contributed by atoms with van der Waals surface area (Å²) in [7, 11) is 1.74. The molecule has 0 aliphatic carbocycles. The van der Waals surface area contributed by atoms with Crippen molar-refractivity contribution in [2.45, 2.75) is 52.6 Å². The first kappa shape index (κ1) is 20.7. The van der Waals surface area contributed by atoms with E-state index in [2.05, 4.69) is 30.1 Å². The Bertz CT molecular complexity index is 777. The van der Waals surface area contributed by atoms with Crippen LogP contribution in [0, 0.1) is 0 Å². The fourth-order valence-corrected chi connectivity index (χ4v) is 2.57. The minimum absolute atomic E-state index is 0.326. The van der Waals surface area contributed by atoms with Crippen LogP contribution in [0.1, 0.15) is 57.4 Å². The van der Waals surface area contributed by atoms with Gasteiger partial charge in [0.25, 0.3) is 0 Å². The van der Waals surface area contributed by atoms with Gasteiger partial charge in [-0.2, -0.15) is 0 Å². The first-order valence-electron chi connectivity index (χ1n) is 9.60. The Kier molecular flexibility index (Phi) is 7.17. The van der Waals surface area contributed by atoms with E-state index in [0.29, 0.717) is 0 Å². The van der Waals surface area contributed by atoms with E-state index in [1.54, 1.807) is 11.9 Å². The molecule has 0 aliphatic rings. The highest BCUT2D eigenvalue weighted by Gasteiger charge is 2.26. The van der Waals surface area contributed by atoms with Gasteiger partial charge < -0.3 is 4.74 Å². The molecule has 0 bridgehead atoms. The average molecular weight is 367 g/mol. The molecule has 1 aromatic carbocycles. The van der Waals surface area contributed by atoms with Crippen LogP contribution >= 0.6 is 0 Å². The van der Waals surface area contributed by atoms with Crippen LogP contribution in [0.2, 0.25) is 0 Å². The zero-order valence-corrected chi connectivity index (χ0v) is 17.0. The molecule has 1 aromatic heterocycles. The summed E-state index contributed by atoms with van der Waals surface area (Å²) < 4.78 is 5.68. The molecule has 1 amide bonds. The van der Waals surface area contributed by atoms with Gasteiger partial charge in [-0.25, -0.2) is 4.79 Å². The van der Waals surface area contributed by atoms with Gasteiger partial charge in [0.1, 0.15) is 5.60 Å². The number of hydrogen-bond acceptors (Lipinski definition) is 3. The number of pyridine rings is 1. The van der Waals surface area contributed by atoms with E-state index in [0.717, 1.165) is 41.8 Å². The number of ether oxygens (including phenoxy) is 1. The monoisotopic (exact) mass is 366 g/mol. The van der Waals surface area contributed by atoms with E-state index in [9.17, 15) is 4.79 Å². The first-order valence-corrected chi connectivity index (χ1v) is 9.60. The van der Waals surface area contributed by atoms with E-state index in [4.69, 9.17) is 4.74 Å². The second-order valence-electron chi connectivity index (χ2n) is 6.94. The van der Waals surface area contributed by atoms with Gasteiger partial charge in [-0.1, -0.05) is 45.1 Å². The number of rotatable bonds is 7. The second-order valence-corrected chi connectivity index (χ2v) is 6.94. The van der Waals surface area contributed by atoms with Gasteiger partial charge in [0.05, 0.1) is 0 Å². The van der Waals surface area contributed by atoms with Crippen LogP contribution in [-0.2, 0) is 11.2 Å². The summed E-state index contributed by atoms with van der Waals surface area (Å²) in [4.78, 5) is 18.3. The number of aryl methyl sites for hydroxylation is 1. The van der Waals surface area contributed by atoms with Gasteiger partial charge in [-0.3, -0.25) is 9.88 Å². The number of benzene rings is 1. The molecule has 0 fully saturated rings. The molecule has 27 heavy (non-hydrogen) atoms. The quantitative estimate of drug-likeness (QED) is 0.606. The fourth-order valence-electron chi connectivity index (χ4n) is 2.57. The summed E-state index contributed by atoms with van der Waals surface area (Å²) in [5.41, 5.74) is 3.67. The molecule has 0 aliphatic heterocycles. The molecule has 2 rings (SSSR count). The highest BCUT2D eigenvalue weighted by Crippen LogP contribution is 2.23. The standard InChI is InChI=1S/C23H30N2O2/c1-6-20-17-19(15-16-24-20)10-9-18-11-13-21(14-12-18)25(5)22(26)27-23(4,7-2)8-3/h9-17H,6-8H2,1-5H3. The second kappa shape index (κ2) is 9.36. The molecule has 2 aromatic rings. The average Bonchev–Trinajstić information content (AvgIpc) is 2.72. The lowest BCUT2D eigenvalue weighted by atomic mass is 10.0. The van der Waals surface area contributed by atoms with Gasteiger partial charge in [-0.05, 0) is 61.6 Å². The van der Waals surface area contributed by atoms with Gasteiger partial charge >= 0.3 is 6.09 Å². The molecule has 4 heteroatoms. The Morgan fingerprint density at radius 3 is 2.30 bits per heavy atom. The third kappa shape index (κ3) is 5.68. The van der Waals surface area contributed by atoms with Gasteiger partial charge in [0, 0.05) is 24.6 Å². The number of aromatic nitrogens is 1. The number of hydrogen-bond donors (Lipinski definition) is 0. The predicted octanol–water partition coefficient (Wildman–Crippen LogP) is 5.97. The summed E-state index contributed by atoms with van der Waals surface area (Å²) in [6.45, 7) is 8.13. The summed E-state index contributed by atoms with van der Waals surface area (Å²) in [6, 6.07) is 11.9. The maximum Gasteiger partial charge on any atom is 0.414 e. The molecule has 0 saturated heterocycles. The molecule has 4 nitrogen and oxygen atoms in total. The molecule has 0 spiro atoms. The van der Waals surface area contributed by atoms with Crippen molar-refractivity contribution >= 4 is 23.9 Å². The SMILES string of the molecule is CCc1cc(C=Cc2ccc(N(C)C(=O)OC(C)(CC)CC)cc2)ccn1. The number of carbonyl (C=O) groups excluding carboxylic acids is 1. The number of carbonyl (C=O) groups is 1. The Labute approximate surface area is 162 Å². The Hall–Kier alpha value is -2.62. The third-order valence-electron chi connectivity index (χ3n) is 5.05. The van der Waals surface area contributed by atoms with E-state index in [1.165, 1.54) is 0 Å². The molecule has 0 radical (unpaired) electrons. The molecule has 144 valence electrons. The molecule has 1 heterocycles. The van der Waals surface area contributed by atoms with Crippen LogP contribution in [0.4, 0.5) is 10.5 Å². The van der Waals surface area contributed by atoms with E-state index < -0.39 is 5.60 Å². The molecule has 0 unspecified atom stereocenters. The zero-order chi connectivity index (χ0) is 19.9. The van der Waals surface area contributed by atoms with Crippen molar-refractivity contribution in [3.8, 4) is 0 Å². The lowest BCUT2D eigenvalue weighted by Gasteiger charge is -2.29. The summed E-state index contributed by atoms with van der Waals surface area (Å²) in [6.07, 6.45) is 8.15. The highest BCUT2D eigenvalue weighted by molar-refractivity contribution is 5.87. The Morgan fingerprint density at radius 2 is 1.70 bits per heavy atom. The maximum atomic E-state index is 12.4. The van der Waals surface area contributed by atoms with Crippen molar-refractivity contribution in [1.82, 2.24) is 4.98 Å². The van der Waals surface area contributed by atoms with Gasteiger partial charge in [0.15, 0.2) is 0 Å². The van der Waals surface area contributed by atoms with Crippen molar-refractivity contribution in [3.63, 3.8) is 0 Å². The van der Waals surface area contributed by atoms with E-state index in [1.807, 2.05) is 57.3 Å². The molecule has 0 saturated carbocycles. The van der Waals surface area contributed by atoms with E-state index >= 15 is 0 Å². The zero-order valence-electron chi connectivity index (χ0n) is 17.0. The molecule has 0 atom stereocenters. The van der Waals surface area contributed by atoms with Crippen LogP contribution in [0.5, 0.6) is 0 Å². The van der Waals surface area contributed by atoms with E-state index in [-0.39, 0.29) is 6.09 Å². The third-order valence-corrected chi connectivity index (χ3v) is 5.05. The smallest absolute Gasteiger partial charge is 0.414 e. The summed E-state index contributed by atoms with van der Waals surface area (Å²) in [5.74, 6) is 0. The molecular weight excluding hydrogens is 336 g/mol.